The molecule has 2 N–H and O–H groups in total. The first kappa shape index (κ1) is 16.2. The first-order chi connectivity index (χ1) is 6.90. The van der Waals surface area contributed by atoms with E-state index in [0.717, 1.165) is 18.9 Å². The van der Waals surface area contributed by atoms with Crippen molar-refractivity contribution in [2.75, 3.05) is 6.54 Å². The standard InChI is InChI=1S/C11H18N2S.2ClH/c12-7-6-11-13-10(8-14-11)9-4-2-1-3-5-9;;/h8-9H,1-7,12H2;2*1H. The summed E-state index contributed by atoms with van der Waals surface area (Å²) in [6.45, 7) is 0.720. The zero-order valence-electron chi connectivity index (χ0n) is 9.35. The predicted molar refractivity (Wildman–Crippen MR) is 75.2 cm³/mol. The van der Waals surface area contributed by atoms with Gasteiger partial charge in [-0.1, -0.05) is 19.3 Å². The number of nitrogens with two attached hydrogens (primary N) is 1. The zero-order chi connectivity index (χ0) is 9.80. The smallest absolute Gasteiger partial charge is 0.0940 e. The quantitative estimate of drug-likeness (QED) is 0.921. The largest absolute Gasteiger partial charge is 0.330 e. The van der Waals surface area contributed by atoms with Gasteiger partial charge in [-0.05, 0) is 19.4 Å². The molecule has 16 heavy (non-hydrogen) atoms. The van der Waals surface area contributed by atoms with Gasteiger partial charge in [0, 0.05) is 17.7 Å². The Morgan fingerprint density at radius 1 is 1.25 bits per heavy atom. The average molecular weight is 283 g/mol. The van der Waals surface area contributed by atoms with Gasteiger partial charge in [0.15, 0.2) is 0 Å². The molecule has 0 radical (unpaired) electrons. The maximum atomic E-state index is 5.51. The number of rotatable bonds is 3. The van der Waals surface area contributed by atoms with Gasteiger partial charge in [-0.15, -0.1) is 36.2 Å². The molecule has 0 amide bonds. The molecule has 0 unspecified atom stereocenters. The highest BCUT2D eigenvalue weighted by Gasteiger charge is 2.17. The Kier molecular flexibility index (Phi) is 8.38. The van der Waals surface area contributed by atoms with Crippen LogP contribution in [-0.2, 0) is 6.42 Å². The molecule has 1 aromatic rings. The second kappa shape index (κ2) is 8.29. The van der Waals surface area contributed by atoms with Gasteiger partial charge in [0.2, 0.25) is 0 Å². The molecule has 0 aliphatic heterocycles. The highest BCUT2D eigenvalue weighted by molar-refractivity contribution is 7.09. The molecule has 0 spiro atoms. The van der Waals surface area contributed by atoms with Crippen molar-refractivity contribution in [3.05, 3.63) is 16.1 Å². The lowest BCUT2D eigenvalue weighted by molar-refractivity contribution is 0.437. The van der Waals surface area contributed by atoms with Gasteiger partial charge in [-0.2, -0.15) is 0 Å². The first-order valence-corrected chi connectivity index (χ1v) is 6.42. The second-order valence-electron chi connectivity index (χ2n) is 4.04. The molecule has 1 aliphatic rings. The van der Waals surface area contributed by atoms with E-state index < -0.39 is 0 Å². The highest BCUT2D eigenvalue weighted by Crippen LogP contribution is 2.32. The molecular weight excluding hydrogens is 263 g/mol. The van der Waals surface area contributed by atoms with E-state index in [9.17, 15) is 0 Å². The van der Waals surface area contributed by atoms with Crippen LogP contribution < -0.4 is 5.73 Å². The van der Waals surface area contributed by atoms with Gasteiger partial charge in [-0.25, -0.2) is 4.98 Å². The van der Waals surface area contributed by atoms with Crippen LogP contribution in [0.5, 0.6) is 0 Å². The van der Waals surface area contributed by atoms with Crippen LogP contribution in [0.2, 0.25) is 0 Å². The Labute approximate surface area is 114 Å². The van der Waals surface area contributed by atoms with Crippen LogP contribution in [0.25, 0.3) is 0 Å². The minimum Gasteiger partial charge on any atom is -0.330 e. The molecular formula is C11H20Cl2N2S. The van der Waals surface area contributed by atoms with Crippen LogP contribution in [0.1, 0.15) is 48.7 Å². The average Bonchev–Trinajstić information content (AvgIpc) is 2.68. The topological polar surface area (TPSA) is 38.9 Å². The minimum absolute atomic E-state index is 0. The third kappa shape index (κ3) is 4.21. The van der Waals surface area contributed by atoms with Crippen molar-refractivity contribution in [2.45, 2.75) is 44.4 Å². The van der Waals surface area contributed by atoms with E-state index in [1.54, 1.807) is 11.3 Å². The fraction of sp³-hybridized carbons (Fsp3) is 0.727. The maximum Gasteiger partial charge on any atom is 0.0940 e. The van der Waals surface area contributed by atoms with Crippen molar-refractivity contribution in [1.82, 2.24) is 4.98 Å². The van der Waals surface area contributed by atoms with Crippen LogP contribution in [0, 0.1) is 0 Å². The Morgan fingerprint density at radius 3 is 2.56 bits per heavy atom. The van der Waals surface area contributed by atoms with Gasteiger partial charge in [-0.3, -0.25) is 0 Å². The monoisotopic (exact) mass is 282 g/mol. The van der Waals surface area contributed by atoms with E-state index in [1.165, 1.54) is 42.8 Å². The van der Waals surface area contributed by atoms with Gasteiger partial charge in [0.25, 0.3) is 0 Å². The van der Waals surface area contributed by atoms with E-state index in [4.69, 9.17) is 5.73 Å². The number of nitrogens with zero attached hydrogens (tertiary/aromatic N) is 1. The lowest BCUT2D eigenvalue weighted by atomic mass is 9.87. The number of hydrogen-bond donors (Lipinski definition) is 1. The molecule has 1 saturated carbocycles. The summed E-state index contributed by atoms with van der Waals surface area (Å²) in [5.74, 6) is 0.742. The molecule has 0 bridgehead atoms. The lowest BCUT2D eigenvalue weighted by Crippen LogP contribution is -2.06. The molecule has 0 aromatic carbocycles. The Morgan fingerprint density at radius 2 is 1.94 bits per heavy atom. The predicted octanol–water partition coefficient (Wildman–Crippen LogP) is 3.54. The first-order valence-electron chi connectivity index (χ1n) is 5.54. The van der Waals surface area contributed by atoms with Crippen molar-refractivity contribution in [3.63, 3.8) is 0 Å². The van der Waals surface area contributed by atoms with Crippen LogP contribution in [-0.4, -0.2) is 11.5 Å². The number of thiazole rings is 1. The molecule has 0 saturated heterocycles. The normalized spacial score (nSPS) is 16.3. The molecule has 1 fully saturated rings. The van der Waals surface area contributed by atoms with Crippen molar-refractivity contribution in [2.24, 2.45) is 5.73 Å². The van der Waals surface area contributed by atoms with Crippen LogP contribution in [0.3, 0.4) is 0 Å². The SMILES string of the molecule is Cl.Cl.NCCc1nc(C2CCCCC2)cs1. The number of aromatic nitrogens is 1. The Bertz CT molecular complexity index is 285. The van der Waals surface area contributed by atoms with Crippen molar-refractivity contribution in [1.29, 1.82) is 0 Å². The summed E-state index contributed by atoms with van der Waals surface area (Å²) in [5.41, 5.74) is 6.85. The fourth-order valence-corrected chi connectivity index (χ4v) is 3.05. The summed E-state index contributed by atoms with van der Waals surface area (Å²) in [6, 6.07) is 0. The van der Waals surface area contributed by atoms with Crippen molar-refractivity contribution in [3.8, 4) is 0 Å². The summed E-state index contributed by atoms with van der Waals surface area (Å²) < 4.78 is 0. The summed E-state index contributed by atoms with van der Waals surface area (Å²) in [5, 5.41) is 3.45. The summed E-state index contributed by atoms with van der Waals surface area (Å²) in [6.07, 6.45) is 7.80. The summed E-state index contributed by atoms with van der Waals surface area (Å²) in [7, 11) is 0. The fourth-order valence-electron chi connectivity index (χ4n) is 2.15. The Hall–Kier alpha value is 0.170. The molecule has 1 aliphatic carbocycles. The van der Waals surface area contributed by atoms with Crippen LogP contribution in [0.4, 0.5) is 0 Å². The lowest BCUT2D eigenvalue weighted by Gasteiger charge is -2.19. The second-order valence-corrected chi connectivity index (χ2v) is 4.98. The van der Waals surface area contributed by atoms with Gasteiger partial charge in [0.05, 0.1) is 10.7 Å². The van der Waals surface area contributed by atoms with Crippen molar-refractivity contribution >= 4 is 36.2 Å². The number of hydrogen-bond acceptors (Lipinski definition) is 3. The van der Waals surface area contributed by atoms with Gasteiger partial charge >= 0.3 is 0 Å². The molecule has 2 nitrogen and oxygen atoms in total. The number of halogens is 2. The third-order valence-electron chi connectivity index (χ3n) is 2.95. The molecule has 2 rings (SSSR count). The summed E-state index contributed by atoms with van der Waals surface area (Å²) in [4.78, 5) is 4.66. The van der Waals surface area contributed by atoms with Crippen LogP contribution in [0.15, 0.2) is 5.38 Å². The van der Waals surface area contributed by atoms with Gasteiger partial charge in [0.1, 0.15) is 0 Å². The minimum atomic E-state index is 0. The van der Waals surface area contributed by atoms with Crippen LogP contribution >= 0.6 is 36.2 Å². The van der Waals surface area contributed by atoms with E-state index in [2.05, 4.69) is 10.4 Å². The van der Waals surface area contributed by atoms with E-state index >= 15 is 0 Å². The zero-order valence-corrected chi connectivity index (χ0v) is 11.8. The molecule has 0 atom stereocenters. The molecule has 1 heterocycles. The van der Waals surface area contributed by atoms with E-state index in [-0.39, 0.29) is 24.8 Å². The van der Waals surface area contributed by atoms with E-state index in [1.807, 2.05) is 0 Å². The highest BCUT2D eigenvalue weighted by atomic mass is 35.5. The third-order valence-corrected chi connectivity index (χ3v) is 3.88. The van der Waals surface area contributed by atoms with Crippen molar-refractivity contribution < 1.29 is 0 Å². The molecule has 1 aromatic heterocycles. The molecule has 5 heteroatoms. The van der Waals surface area contributed by atoms with Gasteiger partial charge < -0.3 is 5.73 Å². The Balaban J connectivity index is 0.00000112. The van der Waals surface area contributed by atoms with E-state index in [0.29, 0.717) is 0 Å². The summed E-state index contributed by atoms with van der Waals surface area (Å²) >= 11 is 1.78. The maximum absolute atomic E-state index is 5.51. The molecule has 94 valence electrons.